The lowest BCUT2D eigenvalue weighted by molar-refractivity contribution is -0.138. The molecule has 0 spiro atoms. The molecule has 0 saturated carbocycles. The van der Waals surface area contributed by atoms with Crippen LogP contribution in [0.25, 0.3) is 0 Å². The van der Waals surface area contributed by atoms with E-state index in [2.05, 4.69) is 49.7 Å². The first-order chi connectivity index (χ1) is 17.6. The van der Waals surface area contributed by atoms with E-state index in [-0.39, 0.29) is 41.6 Å². The summed E-state index contributed by atoms with van der Waals surface area (Å²) in [6.45, 7) is 16.2. The zero-order valence-corrected chi connectivity index (χ0v) is 23.2. The molecule has 0 bridgehead atoms. The largest absolute Gasteiger partial charge is 0.369 e. The molecule has 0 unspecified atom stereocenters. The van der Waals surface area contributed by atoms with Crippen LogP contribution < -0.4 is 10.2 Å². The summed E-state index contributed by atoms with van der Waals surface area (Å²) in [6.07, 6.45) is 2.26. The number of nitrogens with one attached hydrogen (secondary N) is 1. The van der Waals surface area contributed by atoms with Gasteiger partial charge < -0.3 is 19.9 Å². The summed E-state index contributed by atoms with van der Waals surface area (Å²) in [4.78, 5) is 46.1. The van der Waals surface area contributed by atoms with E-state index in [1.54, 1.807) is 4.90 Å². The molecule has 0 aromatic heterocycles. The molecule has 8 nitrogen and oxygen atoms in total. The van der Waals surface area contributed by atoms with Gasteiger partial charge in [-0.25, -0.2) is 0 Å². The van der Waals surface area contributed by atoms with Crippen LogP contribution in [0, 0.1) is 11.3 Å². The number of hydrogen-bond donors (Lipinski definition) is 1. The predicted octanol–water partition coefficient (Wildman–Crippen LogP) is 2.96. The van der Waals surface area contributed by atoms with Gasteiger partial charge in [0.2, 0.25) is 5.91 Å². The van der Waals surface area contributed by atoms with Gasteiger partial charge in [-0.15, -0.1) is 0 Å². The molecule has 3 aliphatic heterocycles. The van der Waals surface area contributed by atoms with E-state index in [4.69, 9.17) is 4.74 Å². The zero-order valence-electron chi connectivity index (χ0n) is 23.2. The third-order valence-corrected chi connectivity index (χ3v) is 7.92. The highest BCUT2D eigenvalue weighted by Gasteiger charge is 2.52. The Morgan fingerprint density at radius 2 is 1.76 bits per heavy atom. The number of piperazine rings is 1. The number of ether oxygens (including phenoxy) is 1. The smallest absolute Gasteiger partial charge is 0.251 e. The van der Waals surface area contributed by atoms with Gasteiger partial charge in [0.1, 0.15) is 18.7 Å². The number of Topliss-reactive ketones (excluding diaryl/α,β-unsaturated/α-hetero) is 1. The molecular formula is C29H44N4O4. The lowest BCUT2D eigenvalue weighted by atomic mass is 9.87. The lowest BCUT2D eigenvalue weighted by Crippen LogP contribution is -2.53. The van der Waals surface area contributed by atoms with E-state index >= 15 is 0 Å². The Morgan fingerprint density at radius 1 is 1.08 bits per heavy atom. The maximum atomic E-state index is 13.8. The monoisotopic (exact) mass is 512 g/mol. The third-order valence-electron chi connectivity index (χ3n) is 7.92. The predicted molar refractivity (Wildman–Crippen MR) is 145 cm³/mol. The van der Waals surface area contributed by atoms with Crippen LogP contribution in [0.1, 0.15) is 64.2 Å². The summed E-state index contributed by atoms with van der Waals surface area (Å²) in [5, 5.41) is 3.01. The van der Waals surface area contributed by atoms with E-state index in [0.717, 1.165) is 44.8 Å². The molecule has 4 rings (SSSR count). The van der Waals surface area contributed by atoms with Crippen LogP contribution in [-0.4, -0.2) is 91.5 Å². The van der Waals surface area contributed by atoms with Crippen molar-refractivity contribution in [2.24, 2.45) is 11.3 Å². The first kappa shape index (κ1) is 27.6. The molecule has 1 aromatic rings. The van der Waals surface area contributed by atoms with Crippen molar-refractivity contribution in [3.63, 3.8) is 0 Å². The first-order valence-electron chi connectivity index (χ1n) is 13.9. The second-order valence-corrected chi connectivity index (χ2v) is 12.0. The lowest BCUT2D eigenvalue weighted by Gasteiger charge is -2.36. The quantitative estimate of drug-likeness (QED) is 0.577. The van der Waals surface area contributed by atoms with Crippen LogP contribution in [0.15, 0.2) is 24.3 Å². The summed E-state index contributed by atoms with van der Waals surface area (Å²) in [6, 6.07) is 6.44. The normalized spacial score (nSPS) is 25.3. The number of ketones is 1. The fourth-order valence-electron chi connectivity index (χ4n) is 5.97. The van der Waals surface area contributed by atoms with Gasteiger partial charge in [-0.2, -0.15) is 0 Å². The van der Waals surface area contributed by atoms with Gasteiger partial charge in [0.05, 0.1) is 6.10 Å². The van der Waals surface area contributed by atoms with Crippen molar-refractivity contribution in [3.05, 3.63) is 29.8 Å². The molecule has 2 amide bonds. The second-order valence-electron chi connectivity index (χ2n) is 12.0. The van der Waals surface area contributed by atoms with Crippen LogP contribution in [0.3, 0.4) is 0 Å². The Bertz CT molecular complexity index is 965. The Balaban J connectivity index is 1.44. The Labute approximate surface area is 221 Å². The molecule has 1 aromatic carbocycles. The van der Waals surface area contributed by atoms with Crippen molar-refractivity contribution in [1.29, 1.82) is 0 Å². The van der Waals surface area contributed by atoms with E-state index in [1.807, 2.05) is 24.3 Å². The molecule has 8 heteroatoms. The number of likely N-dealkylation sites (tertiary alicyclic amines) is 1. The third kappa shape index (κ3) is 6.34. The number of fused-ring (bicyclic) bond motifs is 1. The van der Waals surface area contributed by atoms with Crippen molar-refractivity contribution in [3.8, 4) is 0 Å². The molecule has 0 radical (unpaired) electrons. The molecule has 0 aliphatic carbocycles. The van der Waals surface area contributed by atoms with Gasteiger partial charge >= 0.3 is 0 Å². The molecule has 37 heavy (non-hydrogen) atoms. The standard InChI is InChI=1S/C29H44N4O4/c1-6-12-31-13-15-32(16-14-31)22-10-8-21(9-11-22)27(35)30-23(17-29(3,4)5)28(36)33-18-20(7-2)26-25(33)24(34)19-37-26/h8-11,20,23,25-26H,6-7,12-19H2,1-5H3,(H,30,35)/t20-,23-,25+,26+/m0/s1. The first-order valence-corrected chi connectivity index (χ1v) is 13.9. The Hall–Kier alpha value is -2.45. The fraction of sp³-hybridized carbons (Fsp3) is 0.690. The Morgan fingerprint density at radius 3 is 2.35 bits per heavy atom. The molecule has 3 heterocycles. The van der Waals surface area contributed by atoms with Gasteiger partial charge in [0, 0.05) is 49.9 Å². The number of anilines is 1. The van der Waals surface area contributed by atoms with Crippen molar-refractivity contribution < 1.29 is 19.1 Å². The fourth-order valence-corrected chi connectivity index (χ4v) is 5.97. The van der Waals surface area contributed by atoms with Gasteiger partial charge in [-0.3, -0.25) is 19.3 Å². The molecule has 4 atom stereocenters. The average Bonchev–Trinajstić information content (AvgIpc) is 3.43. The summed E-state index contributed by atoms with van der Waals surface area (Å²) in [7, 11) is 0. The highest BCUT2D eigenvalue weighted by Crippen LogP contribution is 2.35. The van der Waals surface area contributed by atoms with Gasteiger partial charge in [-0.1, -0.05) is 34.6 Å². The molecule has 3 saturated heterocycles. The summed E-state index contributed by atoms with van der Waals surface area (Å²) in [5.74, 6) is -0.350. The number of hydrogen-bond acceptors (Lipinski definition) is 6. The van der Waals surface area contributed by atoms with E-state index < -0.39 is 12.1 Å². The topological polar surface area (TPSA) is 82.2 Å². The molecule has 204 valence electrons. The van der Waals surface area contributed by atoms with E-state index in [9.17, 15) is 14.4 Å². The van der Waals surface area contributed by atoms with Gasteiger partial charge in [-0.05, 0) is 55.5 Å². The molecular weight excluding hydrogens is 468 g/mol. The van der Waals surface area contributed by atoms with Crippen molar-refractivity contribution in [1.82, 2.24) is 15.1 Å². The second kappa shape index (κ2) is 11.5. The number of nitrogens with zero attached hydrogens (tertiary/aromatic N) is 3. The number of rotatable bonds is 8. The minimum absolute atomic E-state index is 0.0405. The maximum Gasteiger partial charge on any atom is 0.251 e. The number of carbonyl (C=O) groups excluding carboxylic acids is 3. The average molecular weight is 513 g/mol. The summed E-state index contributed by atoms with van der Waals surface area (Å²) >= 11 is 0. The van der Waals surface area contributed by atoms with Crippen LogP contribution in [0.4, 0.5) is 5.69 Å². The van der Waals surface area contributed by atoms with E-state index in [1.165, 1.54) is 6.42 Å². The van der Waals surface area contributed by atoms with Gasteiger partial charge in [0.25, 0.3) is 5.91 Å². The SMILES string of the molecule is CCCN1CCN(c2ccc(C(=O)N[C@@H](CC(C)(C)C)C(=O)N3C[C@H](CC)[C@H]4OCC(=O)[C@H]43)cc2)CC1. The molecule has 3 aliphatic rings. The Kier molecular flexibility index (Phi) is 8.59. The van der Waals surface area contributed by atoms with Crippen LogP contribution >= 0.6 is 0 Å². The number of carbonyl (C=O) groups is 3. The van der Waals surface area contributed by atoms with E-state index in [0.29, 0.717) is 18.5 Å². The zero-order chi connectivity index (χ0) is 26.7. The van der Waals surface area contributed by atoms with Crippen molar-refractivity contribution in [2.75, 3.05) is 50.8 Å². The minimum atomic E-state index is -0.705. The summed E-state index contributed by atoms with van der Waals surface area (Å²) in [5.41, 5.74) is 1.46. The van der Waals surface area contributed by atoms with Crippen LogP contribution in [0.2, 0.25) is 0 Å². The highest BCUT2D eigenvalue weighted by molar-refractivity contribution is 5.99. The summed E-state index contributed by atoms with van der Waals surface area (Å²) < 4.78 is 5.75. The molecule has 1 N–H and O–H groups in total. The maximum absolute atomic E-state index is 13.8. The van der Waals surface area contributed by atoms with Gasteiger partial charge in [0.15, 0.2) is 5.78 Å². The number of amides is 2. The van der Waals surface area contributed by atoms with Crippen LogP contribution in [0.5, 0.6) is 0 Å². The van der Waals surface area contributed by atoms with Crippen molar-refractivity contribution in [2.45, 2.75) is 72.1 Å². The highest BCUT2D eigenvalue weighted by atomic mass is 16.5. The number of benzene rings is 1. The minimum Gasteiger partial charge on any atom is -0.369 e. The van der Waals surface area contributed by atoms with Crippen LogP contribution in [-0.2, 0) is 14.3 Å². The van der Waals surface area contributed by atoms with Crippen molar-refractivity contribution >= 4 is 23.3 Å². The molecule has 3 fully saturated rings.